The second-order valence-electron chi connectivity index (χ2n) is 4.72. The van der Waals surface area contributed by atoms with E-state index >= 15 is 0 Å². The van der Waals surface area contributed by atoms with Crippen LogP contribution in [0.5, 0.6) is 0 Å². The first-order valence-electron chi connectivity index (χ1n) is 6.45. The number of halogens is 2. The molecule has 0 aliphatic carbocycles. The van der Waals surface area contributed by atoms with Crippen LogP contribution in [0.3, 0.4) is 0 Å². The van der Waals surface area contributed by atoms with E-state index < -0.39 is 0 Å². The highest BCUT2D eigenvalue weighted by Gasteiger charge is 2.16. The summed E-state index contributed by atoms with van der Waals surface area (Å²) >= 11 is 9.65. The van der Waals surface area contributed by atoms with Gasteiger partial charge in [0.25, 0.3) is 0 Å². The predicted octanol–water partition coefficient (Wildman–Crippen LogP) is 4.20. The van der Waals surface area contributed by atoms with E-state index in [2.05, 4.69) is 26.3 Å². The van der Waals surface area contributed by atoms with Crippen molar-refractivity contribution in [3.05, 3.63) is 75.4 Å². The fourth-order valence-corrected chi connectivity index (χ4v) is 3.02. The fraction of sp³-hybridized carbons (Fsp3) is 0.0625. The summed E-state index contributed by atoms with van der Waals surface area (Å²) < 4.78 is 0.955. The second kappa shape index (κ2) is 6.12. The quantitative estimate of drug-likeness (QED) is 0.542. The monoisotopic (exact) mass is 361 g/mol. The molecule has 0 spiro atoms. The van der Waals surface area contributed by atoms with Crippen LogP contribution in [-0.2, 0) is 0 Å². The zero-order chi connectivity index (χ0) is 14.8. The van der Waals surface area contributed by atoms with Crippen molar-refractivity contribution in [3.63, 3.8) is 0 Å². The van der Waals surface area contributed by atoms with Gasteiger partial charge in [0.2, 0.25) is 0 Å². The lowest BCUT2D eigenvalue weighted by atomic mass is 9.98. The first-order valence-corrected chi connectivity index (χ1v) is 7.62. The standard InChI is InChI=1S/C16H13BrClN3/c17-14-6-5-12(18)9-13(14)16(21-19)11-4-3-10-2-1-7-20-15(10)8-11/h1-9,16,21H,19H2. The van der Waals surface area contributed by atoms with Crippen LogP contribution in [0.2, 0.25) is 5.02 Å². The summed E-state index contributed by atoms with van der Waals surface area (Å²) in [4.78, 5) is 4.39. The number of aromatic nitrogens is 1. The minimum absolute atomic E-state index is 0.163. The summed E-state index contributed by atoms with van der Waals surface area (Å²) in [6.07, 6.45) is 1.78. The van der Waals surface area contributed by atoms with Crippen LogP contribution in [0.4, 0.5) is 0 Å². The van der Waals surface area contributed by atoms with Crippen LogP contribution in [0.15, 0.2) is 59.2 Å². The zero-order valence-electron chi connectivity index (χ0n) is 11.1. The Morgan fingerprint density at radius 2 is 2.00 bits per heavy atom. The van der Waals surface area contributed by atoms with Crippen molar-refractivity contribution in [2.75, 3.05) is 0 Å². The molecule has 1 unspecified atom stereocenters. The van der Waals surface area contributed by atoms with E-state index in [0.717, 1.165) is 26.5 Å². The average Bonchev–Trinajstić information content (AvgIpc) is 2.51. The molecule has 3 nitrogen and oxygen atoms in total. The normalized spacial score (nSPS) is 12.5. The number of fused-ring (bicyclic) bond motifs is 1. The summed E-state index contributed by atoms with van der Waals surface area (Å²) in [6.45, 7) is 0. The maximum atomic E-state index is 6.10. The summed E-state index contributed by atoms with van der Waals surface area (Å²) in [5.74, 6) is 5.77. The van der Waals surface area contributed by atoms with E-state index in [1.807, 2.05) is 48.5 Å². The first-order chi connectivity index (χ1) is 10.2. The number of rotatable bonds is 3. The van der Waals surface area contributed by atoms with Crippen molar-refractivity contribution >= 4 is 38.4 Å². The summed E-state index contributed by atoms with van der Waals surface area (Å²) in [6, 6.07) is 15.6. The average molecular weight is 363 g/mol. The maximum Gasteiger partial charge on any atom is 0.0722 e. The number of benzene rings is 2. The van der Waals surface area contributed by atoms with Gasteiger partial charge < -0.3 is 0 Å². The van der Waals surface area contributed by atoms with Gasteiger partial charge in [0.15, 0.2) is 0 Å². The van der Waals surface area contributed by atoms with Gasteiger partial charge in [-0.3, -0.25) is 10.8 Å². The number of hydrogen-bond acceptors (Lipinski definition) is 3. The van der Waals surface area contributed by atoms with Crippen LogP contribution in [0, 0.1) is 0 Å². The molecule has 2 aromatic carbocycles. The smallest absolute Gasteiger partial charge is 0.0722 e. The van der Waals surface area contributed by atoms with Gasteiger partial charge in [0.05, 0.1) is 11.6 Å². The Morgan fingerprint density at radius 1 is 1.14 bits per heavy atom. The van der Waals surface area contributed by atoms with Crippen molar-refractivity contribution in [2.45, 2.75) is 6.04 Å². The number of hydrazine groups is 1. The Bertz CT molecular complexity index is 791. The van der Waals surface area contributed by atoms with Gasteiger partial charge >= 0.3 is 0 Å². The van der Waals surface area contributed by atoms with Crippen LogP contribution >= 0.6 is 27.5 Å². The Kier molecular flexibility index (Phi) is 4.22. The summed E-state index contributed by atoms with van der Waals surface area (Å²) in [5, 5.41) is 1.77. The highest BCUT2D eigenvalue weighted by atomic mass is 79.9. The Hall–Kier alpha value is -1.46. The Balaban J connectivity index is 2.11. The number of hydrogen-bond donors (Lipinski definition) is 2. The van der Waals surface area contributed by atoms with E-state index in [1.54, 1.807) is 6.20 Å². The Labute approximate surface area is 136 Å². The van der Waals surface area contributed by atoms with Crippen molar-refractivity contribution in [1.29, 1.82) is 0 Å². The van der Waals surface area contributed by atoms with Crippen molar-refractivity contribution in [1.82, 2.24) is 10.4 Å². The lowest BCUT2D eigenvalue weighted by molar-refractivity contribution is 0.635. The molecule has 106 valence electrons. The zero-order valence-corrected chi connectivity index (χ0v) is 13.4. The van der Waals surface area contributed by atoms with Gasteiger partial charge in [-0.2, -0.15) is 0 Å². The van der Waals surface area contributed by atoms with Crippen LogP contribution in [0.25, 0.3) is 10.9 Å². The minimum Gasteiger partial charge on any atom is -0.271 e. The van der Waals surface area contributed by atoms with Gasteiger partial charge in [0.1, 0.15) is 0 Å². The third-order valence-corrected chi connectivity index (χ3v) is 4.36. The van der Waals surface area contributed by atoms with E-state index in [4.69, 9.17) is 17.4 Å². The SMILES string of the molecule is NNC(c1ccc2cccnc2c1)c1cc(Cl)ccc1Br. The molecule has 3 N–H and O–H groups in total. The molecule has 0 saturated carbocycles. The summed E-state index contributed by atoms with van der Waals surface area (Å²) in [7, 11) is 0. The van der Waals surface area contributed by atoms with Gasteiger partial charge in [-0.1, -0.05) is 45.7 Å². The highest BCUT2D eigenvalue weighted by molar-refractivity contribution is 9.10. The molecule has 1 aromatic heterocycles. The third-order valence-electron chi connectivity index (χ3n) is 3.40. The second-order valence-corrected chi connectivity index (χ2v) is 6.01. The molecule has 0 aliphatic heterocycles. The molecule has 21 heavy (non-hydrogen) atoms. The molecule has 0 radical (unpaired) electrons. The number of nitrogens with one attached hydrogen (secondary N) is 1. The molecule has 0 fully saturated rings. The molecular formula is C16H13BrClN3. The fourth-order valence-electron chi connectivity index (χ4n) is 2.36. The lowest BCUT2D eigenvalue weighted by Crippen LogP contribution is -2.29. The third kappa shape index (κ3) is 2.94. The maximum absolute atomic E-state index is 6.10. The molecule has 3 aromatic rings. The number of nitrogens with zero attached hydrogens (tertiary/aromatic N) is 1. The lowest BCUT2D eigenvalue weighted by Gasteiger charge is -2.19. The van der Waals surface area contributed by atoms with Crippen LogP contribution in [-0.4, -0.2) is 4.98 Å². The molecule has 3 rings (SSSR count). The molecule has 0 saturated heterocycles. The van der Waals surface area contributed by atoms with Gasteiger partial charge in [-0.25, -0.2) is 5.43 Å². The predicted molar refractivity (Wildman–Crippen MR) is 90.1 cm³/mol. The number of pyridine rings is 1. The van der Waals surface area contributed by atoms with E-state index in [0.29, 0.717) is 5.02 Å². The molecule has 0 amide bonds. The highest BCUT2D eigenvalue weighted by Crippen LogP contribution is 2.31. The molecule has 5 heteroatoms. The Morgan fingerprint density at radius 3 is 2.81 bits per heavy atom. The van der Waals surface area contributed by atoms with E-state index in [1.165, 1.54) is 0 Å². The summed E-state index contributed by atoms with van der Waals surface area (Å²) in [5.41, 5.74) is 5.81. The topological polar surface area (TPSA) is 50.9 Å². The molecule has 1 heterocycles. The van der Waals surface area contributed by atoms with E-state index in [-0.39, 0.29) is 6.04 Å². The van der Waals surface area contributed by atoms with Crippen LogP contribution < -0.4 is 11.3 Å². The van der Waals surface area contributed by atoms with Gasteiger partial charge in [-0.05, 0) is 41.5 Å². The van der Waals surface area contributed by atoms with Crippen LogP contribution in [0.1, 0.15) is 17.2 Å². The minimum atomic E-state index is -0.163. The van der Waals surface area contributed by atoms with Gasteiger partial charge in [-0.15, -0.1) is 0 Å². The van der Waals surface area contributed by atoms with Crippen molar-refractivity contribution < 1.29 is 0 Å². The van der Waals surface area contributed by atoms with Gasteiger partial charge in [0, 0.05) is 21.1 Å². The first kappa shape index (κ1) is 14.5. The van der Waals surface area contributed by atoms with Crippen molar-refractivity contribution in [3.8, 4) is 0 Å². The molecule has 0 bridgehead atoms. The van der Waals surface area contributed by atoms with Crippen molar-refractivity contribution in [2.24, 2.45) is 5.84 Å². The largest absolute Gasteiger partial charge is 0.271 e. The molecular weight excluding hydrogens is 350 g/mol. The molecule has 0 aliphatic rings. The molecule has 1 atom stereocenters. The number of nitrogens with two attached hydrogens (primary N) is 1. The van der Waals surface area contributed by atoms with E-state index in [9.17, 15) is 0 Å².